The van der Waals surface area contributed by atoms with Crippen LogP contribution in [0.25, 0.3) is 17.5 Å². The van der Waals surface area contributed by atoms with E-state index in [-0.39, 0.29) is 17.6 Å². The molecule has 136 valence electrons. The van der Waals surface area contributed by atoms with E-state index in [1.54, 1.807) is 37.4 Å². The number of aromatic nitrogens is 2. The van der Waals surface area contributed by atoms with E-state index in [0.717, 1.165) is 0 Å². The maximum absolute atomic E-state index is 12.0. The molecule has 0 atom stereocenters. The molecule has 0 radical (unpaired) electrons. The fourth-order valence-corrected chi connectivity index (χ4v) is 2.18. The molecule has 0 bridgehead atoms. The molecule has 1 N–H and O–H groups in total. The van der Waals surface area contributed by atoms with Crippen LogP contribution in [0.4, 0.5) is 11.7 Å². The molecule has 0 spiro atoms. The Hall–Kier alpha value is -4.01. The Morgan fingerprint density at radius 1 is 1.22 bits per heavy atom. The lowest BCUT2D eigenvalue weighted by Crippen LogP contribution is -2.07. The number of hydrogen-bond acceptors (Lipinski definition) is 7. The Balaban J connectivity index is 1.65. The summed E-state index contributed by atoms with van der Waals surface area (Å²) in [5.74, 6) is 0.431. The summed E-state index contributed by atoms with van der Waals surface area (Å²) in [6.07, 6.45) is 2.67. The molecule has 0 aliphatic rings. The summed E-state index contributed by atoms with van der Waals surface area (Å²) < 4.78 is 10.5. The monoisotopic (exact) mass is 366 g/mol. The van der Waals surface area contributed by atoms with Gasteiger partial charge in [0, 0.05) is 23.8 Å². The minimum absolute atomic E-state index is 0.0569. The molecule has 0 fully saturated rings. The Bertz CT molecular complexity index is 995. The molecule has 0 saturated carbocycles. The molecule has 0 saturated heterocycles. The van der Waals surface area contributed by atoms with Crippen LogP contribution >= 0.6 is 0 Å². The number of nitro benzene ring substituents is 1. The van der Waals surface area contributed by atoms with Crippen molar-refractivity contribution in [1.29, 1.82) is 0 Å². The van der Waals surface area contributed by atoms with E-state index in [1.165, 1.54) is 30.4 Å². The molecule has 0 aliphatic heterocycles. The maximum Gasteiger partial charge on any atom is 0.322 e. The van der Waals surface area contributed by atoms with E-state index in [4.69, 9.17) is 9.15 Å². The second kappa shape index (κ2) is 7.91. The highest BCUT2D eigenvalue weighted by Crippen LogP contribution is 2.22. The predicted octanol–water partition coefficient (Wildman–Crippen LogP) is 3.31. The summed E-state index contributed by atoms with van der Waals surface area (Å²) >= 11 is 0. The van der Waals surface area contributed by atoms with E-state index in [9.17, 15) is 14.9 Å². The van der Waals surface area contributed by atoms with Crippen molar-refractivity contribution < 1.29 is 18.9 Å². The van der Waals surface area contributed by atoms with Gasteiger partial charge in [0.1, 0.15) is 5.75 Å². The van der Waals surface area contributed by atoms with Crippen molar-refractivity contribution in [2.24, 2.45) is 0 Å². The predicted molar refractivity (Wildman–Crippen MR) is 97.0 cm³/mol. The molecule has 3 aromatic rings. The van der Waals surface area contributed by atoms with Crippen molar-refractivity contribution in [1.82, 2.24) is 10.2 Å². The van der Waals surface area contributed by atoms with Crippen LogP contribution in [-0.4, -0.2) is 28.1 Å². The number of nitrogens with zero attached hydrogens (tertiary/aromatic N) is 3. The van der Waals surface area contributed by atoms with E-state index in [0.29, 0.717) is 16.9 Å². The highest BCUT2D eigenvalue weighted by atomic mass is 16.6. The molecule has 1 heterocycles. The zero-order valence-corrected chi connectivity index (χ0v) is 14.2. The molecule has 27 heavy (non-hydrogen) atoms. The van der Waals surface area contributed by atoms with Crippen molar-refractivity contribution in [3.05, 3.63) is 70.3 Å². The summed E-state index contributed by atoms with van der Waals surface area (Å²) in [5, 5.41) is 20.8. The van der Waals surface area contributed by atoms with Gasteiger partial charge in [-0.1, -0.05) is 17.2 Å². The van der Waals surface area contributed by atoms with Crippen LogP contribution in [-0.2, 0) is 4.79 Å². The molecule has 9 nitrogen and oxygen atoms in total. The first-order chi connectivity index (χ1) is 13.0. The van der Waals surface area contributed by atoms with Crippen LogP contribution in [0.15, 0.2) is 59.0 Å². The number of amides is 1. The fraction of sp³-hybridized carbons (Fsp3) is 0.0556. The highest BCUT2D eigenvalue weighted by Gasteiger charge is 2.10. The van der Waals surface area contributed by atoms with Gasteiger partial charge in [-0.2, -0.15) is 0 Å². The number of ether oxygens (including phenoxy) is 1. The van der Waals surface area contributed by atoms with Gasteiger partial charge in [0.25, 0.3) is 11.6 Å². The summed E-state index contributed by atoms with van der Waals surface area (Å²) in [5.41, 5.74) is 1.14. The molecule has 1 aromatic heterocycles. The number of nitrogens with one attached hydrogen (secondary N) is 1. The average Bonchev–Trinajstić information content (AvgIpc) is 3.15. The lowest BCUT2D eigenvalue weighted by Gasteiger charge is -1.99. The van der Waals surface area contributed by atoms with Crippen LogP contribution < -0.4 is 10.1 Å². The number of hydrogen-bond donors (Lipinski definition) is 1. The SMILES string of the molecule is COc1ccc(-c2nnc(NC(=O)/C=C/c3cccc([N+](=O)[O-])c3)o2)cc1. The van der Waals surface area contributed by atoms with Gasteiger partial charge in [0.2, 0.25) is 5.89 Å². The molecule has 0 aliphatic carbocycles. The second-order valence-electron chi connectivity index (χ2n) is 5.32. The third kappa shape index (κ3) is 4.54. The Kier molecular flexibility index (Phi) is 5.22. The van der Waals surface area contributed by atoms with Crippen molar-refractivity contribution in [3.63, 3.8) is 0 Å². The molecule has 1 amide bonds. The van der Waals surface area contributed by atoms with Gasteiger partial charge < -0.3 is 9.15 Å². The van der Waals surface area contributed by atoms with Crippen LogP contribution in [0.3, 0.4) is 0 Å². The third-order valence-corrected chi connectivity index (χ3v) is 3.50. The number of rotatable bonds is 6. The number of anilines is 1. The molecule has 2 aromatic carbocycles. The Labute approximate surface area is 153 Å². The van der Waals surface area contributed by atoms with E-state index >= 15 is 0 Å². The highest BCUT2D eigenvalue weighted by molar-refractivity contribution is 6.00. The van der Waals surface area contributed by atoms with Gasteiger partial charge >= 0.3 is 6.01 Å². The third-order valence-electron chi connectivity index (χ3n) is 3.50. The molecule has 9 heteroatoms. The summed E-state index contributed by atoms with van der Waals surface area (Å²) in [6, 6.07) is 12.9. The van der Waals surface area contributed by atoms with Gasteiger partial charge in [-0.05, 0) is 35.9 Å². The van der Waals surface area contributed by atoms with Crippen LogP contribution in [0.1, 0.15) is 5.56 Å². The summed E-state index contributed by atoms with van der Waals surface area (Å²) in [7, 11) is 1.57. The fourth-order valence-electron chi connectivity index (χ4n) is 2.18. The van der Waals surface area contributed by atoms with Gasteiger partial charge in [-0.25, -0.2) is 0 Å². The first-order valence-electron chi connectivity index (χ1n) is 7.76. The van der Waals surface area contributed by atoms with E-state index in [1.807, 2.05) is 0 Å². The number of carbonyl (C=O) groups is 1. The Morgan fingerprint density at radius 2 is 2.00 bits per heavy atom. The lowest BCUT2D eigenvalue weighted by molar-refractivity contribution is -0.384. The zero-order chi connectivity index (χ0) is 19.2. The lowest BCUT2D eigenvalue weighted by atomic mass is 10.2. The van der Waals surface area contributed by atoms with Crippen molar-refractivity contribution >= 4 is 23.7 Å². The molecular weight excluding hydrogens is 352 g/mol. The summed E-state index contributed by atoms with van der Waals surface area (Å²) in [6.45, 7) is 0. The number of methoxy groups -OCH3 is 1. The minimum atomic E-state index is -0.508. The average molecular weight is 366 g/mol. The number of nitro groups is 1. The smallest absolute Gasteiger partial charge is 0.322 e. The van der Waals surface area contributed by atoms with Crippen molar-refractivity contribution in [3.8, 4) is 17.2 Å². The maximum atomic E-state index is 12.0. The van der Waals surface area contributed by atoms with E-state index in [2.05, 4.69) is 15.5 Å². The zero-order valence-electron chi connectivity index (χ0n) is 14.2. The van der Waals surface area contributed by atoms with Gasteiger partial charge in [0.05, 0.1) is 12.0 Å². The molecule has 0 unspecified atom stereocenters. The number of benzene rings is 2. The van der Waals surface area contributed by atoms with Crippen molar-refractivity contribution in [2.45, 2.75) is 0 Å². The first kappa shape index (κ1) is 17.8. The topological polar surface area (TPSA) is 120 Å². The first-order valence-corrected chi connectivity index (χ1v) is 7.76. The van der Waals surface area contributed by atoms with Gasteiger partial charge in [-0.15, -0.1) is 5.10 Å². The van der Waals surface area contributed by atoms with Gasteiger partial charge in [-0.3, -0.25) is 20.2 Å². The van der Waals surface area contributed by atoms with Crippen LogP contribution in [0, 0.1) is 10.1 Å². The van der Waals surface area contributed by atoms with E-state index < -0.39 is 10.8 Å². The molecular formula is C18H14N4O5. The standard InChI is InChI=1S/C18H14N4O5/c1-26-15-8-6-13(7-9-15)17-20-21-18(27-17)19-16(23)10-5-12-3-2-4-14(11-12)22(24)25/h2-11H,1H3,(H,19,21,23)/b10-5+. The number of non-ortho nitro benzene ring substituents is 1. The van der Waals surface area contributed by atoms with Crippen LogP contribution in [0.5, 0.6) is 5.75 Å². The van der Waals surface area contributed by atoms with Gasteiger partial charge in [0.15, 0.2) is 0 Å². The largest absolute Gasteiger partial charge is 0.497 e. The minimum Gasteiger partial charge on any atom is -0.497 e. The molecule has 3 rings (SSSR count). The second-order valence-corrected chi connectivity index (χ2v) is 5.32. The van der Waals surface area contributed by atoms with Crippen molar-refractivity contribution in [2.75, 3.05) is 12.4 Å². The number of carbonyl (C=O) groups excluding carboxylic acids is 1. The quantitative estimate of drug-likeness (QED) is 0.403. The van der Waals surface area contributed by atoms with Crippen LogP contribution in [0.2, 0.25) is 0 Å². The normalized spacial score (nSPS) is 10.7. The Morgan fingerprint density at radius 3 is 2.70 bits per heavy atom. The summed E-state index contributed by atoms with van der Waals surface area (Å²) in [4.78, 5) is 22.2.